The van der Waals surface area contributed by atoms with Crippen LogP contribution in [0.3, 0.4) is 0 Å². The predicted molar refractivity (Wildman–Crippen MR) is 116 cm³/mol. The molecule has 0 aliphatic carbocycles. The number of amides is 2. The Kier molecular flexibility index (Phi) is 6.41. The van der Waals surface area contributed by atoms with Gasteiger partial charge in [-0.05, 0) is 49.2 Å². The molecule has 2 saturated heterocycles. The number of nitrogens with one attached hydrogen (secondary N) is 2. The zero-order valence-electron chi connectivity index (χ0n) is 17.1. The molecule has 1 aromatic carbocycles. The second-order valence-corrected chi connectivity index (χ2v) is 7.92. The van der Waals surface area contributed by atoms with Crippen molar-refractivity contribution < 1.29 is 4.79 Å². The lowest BCUT2D eigenvalue weighted by atomic mass is 10.1. The molecule has 9 nitrogen and oxygen atoms in total. The summed E-state index contributed by atoms with van der Waals surface area (Å²) >= 11 is 0. The summed E-state index contributed by atoms with van der Waals surface area (Å²) < 4.78 is 1.48. The number of anilines is 1. The van der Waals surface area contributed by atoms with Crippen molar-refractivity contribution in [2.75, 3.05) is 51.1 Å². The molecule has 30 heavy (non-hydrogen) atoms. The summed E-state index contributed by atoms with van der Waals surface area (Å²) in [4.78, 5) is 32.9. The standard InChI is InChI=1S/C21H29N7O2/c22-13-17-5-9-26(15-17)14-16-1-3-18(4-2-16)28-10-6-19(25-21(28)30)24-20(29)27-11-7-23-8-12-27/h1-4,6,10,17,23H,5,7-9,11-15,22H2,(H,24,25,29,30)/t17-/m1/s1. The van der Waals surface area contributed by atoms with E-state index in [9.17, 15) is 9.59 Å². The fraction of sp³-hybridized carbons (Fsp3) is 0.476. The molecule has 0 radical (unpaired) electrons. The Hall–Kier alpha value is -2.75. The van der Waals surface area contributed by atoms with Gasteiger partial charge in [-0.2, -0.15) is 4.98 Å². The number of carbonyl (C=O) groups excluding carboxylic acids is 1. The zero-order chi connectivity index (χ0) is 20.9. The van der Waals surface area contributed by atoms with Crippen molar-refractivity contribution >= 4 is 11.8 Å². The van der Waals surface area contributed by atoms with E-state index in [0.717, 1.165) is 51.4 Å². The molecule has 0 spiro atoms. The number of piperazine rings is 1. The van der Waals surface area contributed by atoms with Gasteiger partial charge in [0.15, 0.2) is 0 Å². The molecule has 4 N–H and O–H groups in total. The van der Waals surface area contributed by atoms with Crippen LogP contribution < -0.4 is 22.1 Å². The molecule has 9 heteroatoms. The van der Waals surface area contributed by atoms with E-state index in [2.05, 4.69) is 20.5 Å². The number of hydrogen-bond acceptors (Lipinski definition) is 6. The lowest BCUT2D eigenvalue weighted by molar-refractivity contribution is 0.204. The molecule has 2 aliphatic heterocycles. The Labute approximate surface area is 175 Å². The summed E-state index contributed by atoms with van der Waals surface area (Å²) in [5.74, 6) is 0.861. The number of rotatable bonds is 5. The van der Waals surface area contributed by atoms with E-state index in [-0.39, 0.29) is 11.8 Å². The van der Waals surface area contributed by atoms with E-state index in [1.54, 1.807) is 17.2 Å². The van der Waals surface area contributed by atoms with Crippen molar-refractivity contribution in [2.45, 2.75) is 13.0 Å². The highest BCUT2D eigenvalue weighted by molar-refractivity contribution is 5.88. The van der Waals surface area contributed by atoms with E-state index in [4.69, 9.17) is 5.73 Å². The van der Waals surface area contributed by atoms with Gasteiger partial charge in [0.25, 0.3) is 0 Å². The van der Waals surface area contributed by atoms with E-state index < -0.39 is 5.69 Å². The number of aromatic nitrogens is 2. The lowest BCUT2D eigenvalue weighted by Crippen LogP contribution is -2.48. The monoisotopic (exact) mass is 411 g/mol. The van der Waals surface area contributed by atoms with Gasteiger partial charge in [0.05, 0.1) is 5.69 Å². The average Bonchev–Trinajstić information content (AvgIpc) is 3.23. The molecule has 2 fully saturated rings. The van der Waals surface area contributed by atoms with Crippen molar-refractivity contribution in [3.63, 3.8) is 0 Å². The van der Waals surface area contributed by atoms with Crippen molar-refractivity contribution in [3.8, 4) is 5.69 Å². The Balaban J connectivity index is 1.39. The SMILES string of the molecule is NC[C@H]1CCN(Cc2ccc(-n3ccc(NC(=O)N4CCNCC4)nc3=O)cc2)C1. The number of carbonyl (C=O) groups is 1. The van der Waals surface area contributed by atoms with Crippen LogP contribution in [0.25, 0.3) is 5.69 Å². The molecule has 2 aromatic rings. The van der Waals surface area contributed by atoms with Gasteiger partial charge in [0, 0.05) is 45.5 Å². The molecule has 1 atom stereocenters. The maximum atomic E-state index is 12.5. The Morgan fingerprint density at radius 3 is 2.60 bits per heavy atom. The van der Waals surface area contributed by atoms with E-state index >= 15 is 0 Å². The summed E-state index contributed by atoms with van der Waals surface area (Å²) in [7, 11) is 0. The summed E-state index contributed by atoms with van der Waals surface area (Å²) in [6, 6.07) is 9.34. The summed E-state index contributed by atoms with van der Waals surface area (Å²) in [6.45, 7) is 6.57. The van der Waals surface area contributed by atoms with Crippen LogP contribution in [0.2, 0.25) is 0 Å². The van der Waals surface area contributed by atoms with E-state index in [0.29, 0.717) is 19.0 Å². The number of urea groups is 1. The molecule has 4 rings (SSSR count). The minimum absolute atomic E-state index is 0.232. The summed E-state index contributed by atoms with van der Waals surface area (Å²) in [5.41, 5.74) is 7.30. The Morgan fingerprint density at radius 1 is 1.17 bits per heavy atom. The zero-order valence-corrected chi connectivity index (χ0v) is 17.1. The number of benzene rings is 1. The molecule has 0 unspecified atom stereocenters. The molecule has 1 aromatic heterocycles. The molecular formula is C21H29N7O2. The maximum absolute atomic E-state index is 12.5. The molecular weight excluding hydrogens is 382 g/mol. The van der Waals surface area contributed by atoms with Crippen LogP contribution in [0.15, 0.2) is 41.3 Å². The van der Waals surface area contributed by atoms with Crippen LogP contribution in [-0.4, -0.2) is 71.2 Å². The van der Waals surface area contributed by atoms with Crippen molar-refractivity contribution in [3.05, 3.63) is 52.6 Å². The van der Waals surface area contributed by atoms with Gasteiger partial charge >= 0.3 is 11.7 Å². The number of likely N-dealkylation sites (tertiary alicyclic amines) is 1. The van der Waals surface area contributed by atoms with Crippen LogP contribution in [0.1, 0.15) is 12.0 Å². The number of nitrogens with zero attached hydrogens (tertiary/aromatic N) is 4. The van der Waals surface area contributed by atoms with Gasteiger partial charge < -0.3 is 16.0 Å². The van der Waals surface area contributed by atoms with Crippen molar-refractivity contribution in [1.82, 2.24) is 24.7 Å². The van der Waals surface area contributed by atoms with Crippen LogP contribution in [0.4, 0.5) is 10.6 Å². The van der Waals surface area contributed by atoms with Crippen LogP contribution in [-0.2, 0) is 6.54 Å². The van der Waals surface area contributed by atoms with Gasteiger partial charge in [-0.3, -0.25) is 14.8 Å². The highest BCUT2D eigenvalue weighted by Gasteiger charge is 2.21. The third-order valence-corrected chi connectivity index (χ3v) is 5.77. The normalized spacial score (nSPS) is 19.8. The van der Waals surface area contributed by atoms with Crippen LogP contribution >= 0.6 is 0 Å². The minimum Gasteiger partial charge on any atom is -0.330 e. The number of nitrogens with two attached hydrogens (primary N) is 1. The molecule has 2 amide bonds. The first-order valence-electron chi connectivity index (χ1n) is 10.5. The average molecular weight is 412 g/mol. The molecule has 0 bridgehead atoms. The molecule has 160 valence electrons. The Morgan fingerprint density at radius 2 is 1.93 bits per heavy atom. The molecule has 2 aliphatic rings. The quantitative estimate of drug-likeness (QED) is 0.659. The third-order valence-electron chi connectivity index (χ3n) is 5.77. The van der Waals surface area contributed by atoms with Crippen molar-refractivity contribution in [2.24, 2.45) is 11.7 Å². The highest BCUT2D eigenvalue weighted by atomic mass is 16.2. The smallest absolute Gasteiger partial charge is 0.330 e. The predicted octanol–water partition coefficient (Wildman–Crippen LogP) is 0.450. The highest BCUT2D eigenvalue weighted by Crippen LogP contribution is 2.18. The maximum Gasteiger partial charge on any atom is 0.354 e. The summed E-state index contributed by atoms with van der Waals surface area (Å²) in [5, 5.41) is 5.91. The van der Waals surface area contributed by atoms with Gasteiger partial charge in [-0.1, -0.05) is 12.1 Å². The van der Waals surface area contributed by atoms with Crippen LogP contribution in [0.5, 0.6) is 0 Å². The van der Waals surface area contributed by atoms with Crippen LogP contribution in [0, 0.1) is 5.92 Å². The van der Waals surface area contributed by atoms with Gasteiger partial charge in [0.2, 0.25) is 0 Å². The first-order chi connectivity index (χ1) is 14.6. The lowest BCUT2D eigenvalue weighted by Gasteiger charge is -2.27. The number of hydrogen-bond donors (Lipinski definition) is 3. The second kappa shape index (κ2) is 9.38. The molecule has 3 heterocycles. The fourth-order valence-corrected chi connectivity index (χ4v) is 3.99. The van der Waals surface area contributed by atoms with Crippen molar-refractivity contribution in [1.29, 1.82) is 0 Å². The second-order valence-electron chi connectivity index (χ2n) is 7.92. The van der Waals surface area contributed by atoms with Gasteiger partial charge in [-0.15, -0.1) is 0 Å². The van der Waals surface area contributed by atoms with Gasteiger partial charge in [0.1, 0.15) is 5.82 Å². The first-order valence-corrected chi connectivity index (χ1v) is 10.5. The topological polar surface area (TPSA) is 109 Å². The third kappa shape index (κ3) is 4.86. The van der Waals surface area contributed by atoms with E-state index in [1.807, 2.05) is 24.3 Å². The fourth-order valence-electron chi connectivity index (χ4n) is 3.99. The van der Waals surface area contributed by atoms with E-state index in [1.165, 1.54) is 10.1 Å². The largest absolute Gasteiger partial charge is 0.354 e. The molecule has 0 saturated carbocycles. The Bertz CT molecular complexity index is 922. The van der Waals surface area contributed by atoms with Gasteiger partial charge in [-0.25, -0.2) is 9.59 Å². The minimum atomic E-state index is -0.425. The first kappa shape index (κ1) is 20.5. The summed E-state index contributed by atoms with van der Waals surface area (Å²) in [6.07, 6.45) is 2.80.